The Balaban J connectivity index is 2.44. The summed E-state index contributed by atoms with van der Waals surface area (Å²) in [6.07, 6.45) is -0.793. The Hall–Kier alpha value is -2.08. The predicted molar refractivity (Wildman–Crippen MR) is 82.3 cm³/mol. The molecule has 1 amide bonds. The van der Waals surface area contributed by atoms with Gasteiger partial charge in [-0.25, -0.2) is 4.79 Å². The van der Waals surface area contributed by atoms with Gasteiger partial charge in [-0.2, -0.15) is 0 Å². The molecule has 1 unspecified atom stereocenters. The molecule has 0 radical (unpaired) electrons. The summed E-state index contributed by atoms with van der Waals surface area (Å²) in [6, 6.07) is 5.23. The first-order valence-electron chi connectivity index (χ1n) is 7.05. The van der Waals surface area contributed by atoms with E-state index in [1.165, 1.54) is 0 Å². The number of aryl methyl sites for hydroxylation is 1. The highest BCUT2D eigenvalue weighted by Gasteiger charge is 2.17. The molecule has 6 heteroatoms. The van der Waals surface area contributed by atoms with Crippen LogP contribution in [0.5, 0.6) is 5.75 Å². The molecule has 0 saturated carbocycles. The Labute approximate surface area is 130 Å². The Morgan fingerprint density at radius 2 is 2.09 bits per heavy atom. The monoisotopic (exact) mass is 309 g/mol. The molecule has 0 aromatic heterocycles. The maximum Gasteiger partial charge on any atom is 0.407 e. The first kappa shape index (κ1) is 18.0. The average molecular weight is 309 g/mol. The van der Waals surface area contributed by atoms with Crippen LogP contribution in [0.2, 0.25) is 0 Å². The first-order chi connectivity index (χ1) is 10.2. The van der Waals surface area contributed by atoms with Crippen LogP contribution in [-0.4, -0.2) is 42.3 Å². The molecule has 0 spiro atoms. The van der Waals surface area contributed by atoms with E-state index in [4.69, 9.17) is 9.47 Å². The molecule has 1 rings (SSSR count). The molecule has 0 saturated heterocycles. The van der Waals surface area contributed by atoms with Crippen LogP contribution in [0.1, 0.15) is 36.7 Å². The number of aliphatic hydroxyl groups is 1. The first-order valence-corrected chi connectivity index (χ1v) is 7.05. The Morgan fingerprint density at radius 1 is 1.41 bits per heavy atom. The van der Waals surface area contributed by atoms with Crippen molar-refractivity contribution in [3.8, 4) is 5.75 Å². The largest absolute Gasteiger partial charge is 0.490 e. The summed E-state index contributed by atoms with van der Waals surface area (Å²) in [5, 5.41) is 12.3. The van der Waals surface area contributed by atoms with Gasteiger partial charge in [0.05, 0.1) is 12.1 Å². The van der Waals surface area contributed by atoms with Crippen molar-refractivity contribution >= 4 is 12.4 Å². The maximum absolute atomic E-state index is 11.5. The van der Waals surface area contributed by atoms with E-state index in [1.54, 1.807) is 45.9 Å². The van der Waals surface area contributed by atoms with Crippen molar-refractivity contribution in [3.63, 3.8) is 0 Å². The van der Waals surface area contributed by atoms with Gasteiger partial charge in [-0.15, -0.1) is 0 Å². The zero-order valence-electron chi connectivity index (χ0n) is 13.4. The minimum atomic E-state index is -0.910. The van der Waals surface area contributed by atoms with Gasteiger partial charge in [0.1, 0.15) is 24.1 Å². The highest BCUT2D eigenvalue weighted by molar-refractivity contribution is 5.81. The van der Waals surface area contributed by atoms with Crippen LogP contribution in [0, 0.1) is 6.92 Å². The van der Waals surface area contributed by atoms with Crippen LogP contribution < -0.4 is 10.1 Å². The van der Waals surface area contributed by atoms with Crippen LogP contribution in [0.3, 0.4) is 0 Å². The lowest BCUT2D eigenvalue weighted by atomic mass is 10.1. The number of rotatable bonds is 6. The number of nitrogens with one attached hydrogen (secondary N) is 1. The second-order valence-electron chi connectivity index (χ2n) is 5.95. The van der Waals surface area contributed by atoms with Crippen molar-refractivity contribution in [2.45, 2.75) is 39.4 Å². The second kappa shape index (κ2) is 7.79. The van der Waals surface area contributed by atoms with Crippen LogP contribution in [0.25, 0.3) is 0 Å². The number of amides is 1. The molecular weight excluding hydrogens is 286 g/mol. The van der Waals surface area contributed by atoms with E-state index in [1.807, 2.05) is 0 Å². The molecule has 0 aliphatic heterocycles. The van der Waals surface area contributed by atoms with Crippen molar-refractivity contribution in [2.75, 3.05) is 13.2 Å². The lowest BCUT2D eigenvalue weighted by Crippen LogP contribution is -2.38. The quantitative estimate of drug-likeness (QED) is 0.786. The predicted octanol–water partition coefficient (Wildman–Crippen LogP) is 2.07. The molecular formula is C16H23NO5. The van der Waals surface area contributed by atoms with Gasteiger partial charge in [-0.05, 0) is 39.3 Å². The summed E-state index contributed by atoms with van der Waals surface area (Å²) in [4.78, 5) is 22.5. The van der Waals surface area contributed by atoms with E-state index in [0.29, 0.717) is 11.3 Å². The SMILES string of the molecule is Cc1cccc(OCC(O)CNC(=O)OC(C)(C)C)c1C=O. The van der Waals surface area contributed by atoms with E-state index in [2.05, 4.69) is 5.32 Å². The minimum absolute atomic E-state index is 0.00283. The zero-order valence-corrected chi connectivity index (χ0v) is 13.4. The summed E-state index contributed by atoms with van der Waals surface area (Å²) >= 11 is 0. The molecule has 1 aromatic rings. The van der Waals surface area contributed by atoms with Gasteiger partial charge in [-0.3, -0.25) is 4.79 Å². The summed E-state index contributed by atoms with van der Waals surface area (Å²) < 4.78 is 10.5. The smallest absolute Gasteiger partial charge is 0.407 e. The third-order valence-electron chi connectivity index (χ3n) is 2.71. The molecule has 0 heterocycles. The van der Waals surface area contributed by atoms with E-state index >= 15 is 0 Å². The van der Waals surface area contributed by atoms with Crippen LogP contribution in [-0.2, 0) is 4.74 Å². The van der Waals surface area contributed by atoms with E-state index in [9.17, 15) is 14.7 Å². The Kier molecular flexibility index (Phi) is 6.37. The molecule has 0 fully saturated rings. The van der Waals surface area contributed by atoms with Gasteiger partial charge >= 0.3 is 6.09 Å². The van der Waals surface area contributed by atoms with E-state index < -0.39 is 17.8 Å². The van der Waals surface area contributed by atoms with Crippen molar-refractivity contribution in [1.29, 1.82) is 0 Å². The Bertz CT molecular complexity index is 522. The lowest BCUT2D eigenvalue weighted by molar-refractivity contribution is 0.0463. The standard InChI is InChI=1S/C16H23NO5/c1-11-6-5-7-14(13(11)9-18)21-10-12(19)8-17-15(20)22-16(2,3)4/h5-7,9,12,19H,8,10H2,1-4H3,(H,17,20). The zero-order chi connectivity index (χ0) is 16.8. The van der Waals surface area contributed by atoms with Gasteiger partial charge in [0, 0.05) is 0 Å². The Morgan fingerprint density at radius 3 is 2.68 bits per heavy atom. The minimum Gasteiger partial charge on any atom is -0.490 e. The molecule has 1 atom stereocenters. The fourth-order valence-corrected chi connectivity index (χ4v) is 1.69. The number of carbonyl (C=O) groups is 2. The number of carbonyl (C=O) groups excluding carboxylic acids is 2. The highest BCUT2D eigenvalue weighted by atomic mass is 16.6. The van der Waals surface area contributed by atoms with Gasteiger partial charge in [-0.1, -0.05) is 12.1 Å². The molecule has 0 aliphatic rings. The van der Waals surface area contributed by atoms with Crippen molar-refractivity contribution in [1.82, 2.24) is 5.32 Å². The van der Waals surface area contributed by atoms with Gasteiger partial charge in [0.2, 0.25) is 0 Å². The fourth-order valence-electron chi connectivity index (χ4n) is 1.69. The number of hydrogen-bond acceptors (Lipinski definition) is 5. The second-order valence-corrected chi connectivity index (χ2v) is 5.95. The average Bonchev–Trinajstić information content (AvgIpc) is 2.41. The van der Waals surface area contributed by atoms with E-state index in [-0.39, 0.29) is 13.2 Å². The van der Waals surface area contributed by atoms with Gasteiger partial charge in [0.25, 0.3) is 0 Å². The van der Waals surface area contributed by atoms with Gasteiger partial charge in [0.15, 0.2) is 6.29 Å². The number of aldehydes is 1. The number of aliphatic hydroxyl groups excluding tert-OH is 1. The van der Waals surface area contributed by atoms with Crippen LogP contribution in [0.4, 0.5) is 4.79 Å². The molecule has 1 aromatic carbocycles. The number of benzene rings is 1. The third-order valence-corrected chi connectivity index (χ3v) is 2.71. The van der Waals surface area contributed by atoms with Crippen LogP contribution >= 0.6 is 0 Å². The number of hydrogen-bond donors (Lipinski definition) is 2. The maximum atomic E-state index is 11.5. The van der Waals surface area contributed by atoms with Crippen molar-refractivity contribution in [2.24, 2.45) is 0 Å². The number of ether oxygens (including phenoxy) is 2. The topological polar surface area (TPSA) is 84.9 Å². The number of alkyl carbamates (subject to hydrolysis) is 1. The highest BCUT2D eigenvalue weighted by Crippen LogP contribution is 2.20. The molecule has 2 N–H and O–H groups in total. The fraction of sp³-hybridized carbons (Fsp3) is 0.500. The molecule has 0 aliphatic carbocycles. The summed E-state index contributed by atoms with van der Waals surface area (Å²) in [6.45, 7) is 7.02. The molecule has 22 heavy (non-hydrogen) atoms. The summed E-state index contributed by atoms with van der Waals surface area (Å²) in [5.74, 6) is 0.409. The summed E-state index contributed by atoms with van der Waals surface area (Å²) in [5.41, 5.74) is 0.662. The third kappa shape index (κ3) is 6.13. The van der Waals surface area contributed by atoms with E-state index in [0.717, 1.165) is 11.8 Å². The molecule has 6 nitrogen and oxygen atoms in total. The van der Waals surface area contributed by atoms with Gasteiger partial charge < -0.3 is 19.9 Å². The van der Waals surface area contributed by atoms with Crippen molar-refractivity contribution < 1.29 is 24.2 Å². The lowest BCUT2D eigenvalue weighted by Gasteiger charge is -2.20. The van der Waals surface area contributed by atoms with Crippen LogP contribution in [0.15, 0.2) is 18.2 Å². The van der Waals surface area contributed by atoms with Crippen molar-refractivity contribution in [3.05, 3.63) is 29.3 Å². The summed E-state index contributed by atoms with van der Waals surface area (Å²) in [7, 11) is 0. The normalized spacial score (nSPS) is 12.4. The molecule has 122 valence electrons. The molecule has 0 bridgehead atoms.